The number of rotatable bonds is 4. The molecule has 21 heavy (non-hydrogen) atoms. The molecule has 0 saturated carbocycles. The molecule has 0 radical (unpaired) electrons. The van der Waals surface area contributed by atoms with Crippen molar-refractivity contribution in [1.29, 1.82) is 0 Å². The molecule has 0 unspecified atom stereocenters. The third kappa shape index (κ3) is 2.80. The summed E-state index contributed by atoms with van der Waals surface area (Å²) in [6.07, 6.45) is 1.62. The van der Waals surface area contributed by atoms with Gasteiger partial charge in [-0.1, -0.05) is 41.6 Å². The third-order valence-electron chi connectivity index (χ3n) is 3.21. The van der Waals surface area contributed by atoms with Gasteiger partial charge in [-0.15, -0.1) is 10.2 Å². The molecule has 0 aliphatic carbocycles. The standard InChI is InChI=1S/C15H16N4OS/c1-10-4-3-5-12(8-10)9-21-15-18-17-14(19(15)16)13-6-7-20-11(13)2/h3-8H,9,16H2,1-2H3. The lowest BCUT2D eigenvalue weighted by atomic mass is 10.2. The van der Waals surface area contributed by atoms with E-state index in [9.17, 15) is 0 Å². The fourth-order valence-electron chi connectivity index (χ4n) is 2.13. The van der Waals surface area contributed by atoms with Crippen LogP contribution in [0.15, 0.2) is 46.2 Å². The van der Waals surface area contributed by atoms with E-state index in [0.717, 1.165) is 17.1 Å². The van der Waals surface area contributed by atoms with Gasteiger partial charge in [0, 0.05) is 5.75 Å². The van der Waals surface area contributed by atoms with Gasteiger partial charge < -0.3 is 10.3 Å². The fourth-order valence-corrected chi connectivity index (χ4v) is 2.93. The van der Waals surface area contributed by atoms with Crippen LogP contribution in [0.2, 0.25) is 0 Å². The normalized spacial score (nSPS) is 11.0. The van der Waals surface area contributed by atoms with Crippen molar-refractivity contribution in [3.8, 4) is 11.4 Å². The van der Waals surface area contributed by atoms with Crippen LogP contribution in [0.4, 0.5) is 0 Å². The summed E-state index contributed by atoms with van der Waals surface area (Å²) in [5.41, 5.74) is 3.36. The first-order chi connectivity index (χ1) is 10.1. The van der Waals surface area contributed by atoms with Gasteiger partial charge in [-0.2, -0.15) is 0 Å². The predicted octanol–water partition coefficient (Wildman–Crippen LogP) is 3.16. The minimum atomic E-state index is 0.619. The summed E-state index contributed by atoms with van der Waals surface area (Å²) in [5, 5.41) is 9.00. The van der Waals surface area contributed by atoms with E-state index in [2.05, 4.69) is 41.4 Å². The Morgan fingerprint density at radius 1 is 1.24 bits per heavy atom. The van der Waals surface area contributed by atoms with Crippen LogP contribution in [0.3, 0.4) is 0 Å². The van der Waals surface area contributed by atoms with Crippen LogP contribution in [-0.2, 0) is 5.75 Å². The summed E-state index contributed by atoms with van der Waals surface area (Å²) < 4.78 is 6.79. The van der Waals surface area contributed by atoms with Gasteiger partial charge in [0.15, 0.2) is 5.82 Å². The second-order valence-corrected chi connectivity index (χ2v) is 5.79. The molecule has 0 atom stereocenters. The van der Waals surface area contributed by atoms with Gasteiger partial charge in [-0.25, -0.2) is 4.68 Å². The van der Waals surface area contributed by atoms with E-state index >= 15 is 0 Å². The average molecular weight is 300 g/mol. The zero-order valence-corrected chi connectivity index (χ0v) is 12.7. The highest BCUT2D eigenvalue weighted by Crippen LogP contribution is 2.26. The van der Waals surface area contributed by atoms with Crippen molar-refractivity contribution in [2.75, 3.05) is 5.84 Å². The summed E-state index contributed by atoms with van der Waals surface area (Å²) in [6.45, 7) is 3.96. The van der Waals surface area contributed by atoms with Crippen molar-refractivity contribution in [2.24, 2.45) is 0 Å². The fraction of sp³-hybridized carbons (Fsp3) is 0.200. The third-order valence-corrected chi connectivity index (χ3v) is 4.23. The second kappa shape index (κ2) is 5.65. The quantitative estimate of drug-likeness (QED) is 0.592. The maximum atomic E-state index is 6.09. The maximum Gasteiger partial charge on any atom is 0.210 e. The van der Waals surface area contributed by atoms with Gasteiger partial charge >= 0.3 is 0 Å². The van der Waals surface area contributed by atoms with Crippen molar-refractivity contribution in [3.63, 3.8) is 0 Å². The van der Waals surface area contributed by atoms with E-state index in [1.165, 1.54) is 15.8 Å². The Bertz CT molecular complexity index is 763. The molecular weight excluding hydrogens is 284 g/mol. The minimum absolute atomic E-state index is 0.619. The molecule has 6 heteroatoms. The topological polar surface area (TPSA) is 69.9 Å². The van der Waals surface area contributed by atoms with Crippen LogP contribution in [-0.4, -0.2) is 14.9 Å². The van der Waals surface area contributed by atoms with E-state index in [1.54, 1.807) is 18.0 Å². The largest absolute Gasteiger partial charge is 0.469 e. The molecule has 3 rings (SSSR count). The molecule has 0 spiro atoms. The van der Waals surface area contributed by atoms with E-state index < -0.39 is 0 Å². The monoisotopic (exact) mass is 300 g/mol. The molecule has 2 heterocycles. The lowest BCUT2D eigenvalue weighted by Crippen LogP contribution is -2.11. The molecule has 0 bridgehead atoms. The second-order valence-electron chi connectivity index (χ2n) is 4.84. The van der Waals surface area contributed by atoms with Crippen molar-refractivity contribution in [1.82, 2.24) is 14.9 Å². The van der Waals surface area contributed by atoms with E-state index in [1.807, 2.05) is 13.0 Å². The SMILES string of the molecule is Cc1cccc(CSc2nnc(-c3ccoc3C)n2N)c1. The van der Waals surface area contributed by atoms with Crippen molar-refractivity contribution in [3.05, 3.63) is 53.5 Å². The number of benzene rings is 1. The number of hydrogen-bond donors (Lipinski definition) is 1. The minimum Gasteiger partial charge on any atom is -0.469 e. The number of nitrogen functional groups attached to an aromatic ring is 1. The Labute approximate surface area is 127 Å². The summed E-state index contributed by atoms with van der Waals surface area (Å²) in [5.74, 6) is 8.29. The Hall–Kier alpha value is -2.21. The molecule has 2 aromatic heterocycles. The smallest absolute Gasteiger partial charge is 0.210 e. The average Bonchev–Trinajstić information content (AvgIpc) is 3.03. The number of hydrogen-bond acceptors (Lipinski definition) is 5. The Morgan fingerprint density at radius 3 is 2.81 bits per heavy atom. The van der Waals surface area contributed by atoms with Crippen molar-refractivity contribution < 1.29 is 4.42 Å². The van der Waals surface area contributed by atoms with Gasteiger partial charge in [0.1, 0.15) is 5.76 Å². The Kier molecular flexibility index (Phi) is 3.70. The number of aryl methyl sites for hydroxylation is 2. The van der Waals surface area contributed by atoms with Crippen LogP contribution in [0.5, 0.6) is 0 Å². The van der Waals surface area contributed by atoms with Crippen molar-refractivity contribution >= 4 is 11.8 Å². The van der Waals surface area contributed by atoms with Gasteiger partial charge in [0.05, 0.1) is 11.8 Å². The predicted molar refractivity (Wildman–Crippen MR) is 83.4 cm³/mol. The molecule has 0 fully saturated rings. The van der Waals surface area contributed by atoms with Crippen molar-refractivity contribution in [2.45, 2.75) is 24.8 Å². The highest BCUT2D eigenvalue weighted by Gasteiger charge is 2.15. The number of thioether (sulfide) groups is 1. The highest BCUT2D eigenvalue weighted by molar-refractivity contribution is 7.98. The lowest BCUT2D eigenvalue weighted by molar-refractivity contribution is 0.535. The van der Waals surface area contributed by atoms with Gasteiger partial charge in [0.2, 0.25) is 5.16 Å². The molecule has 0 aliphatic heterocycles. The number of furan rings is 1. The molecule has 0 aliphatic rings. The van der Waals surface area contributed by atoms with Gasteiger partial charge in [-0.3, -0.25) is 0 Å². The van der Waals surface area contributed by atoms with E-state index in [-0.39, 0.29) is 0 Å². The van der Waals surface area contributed by atoms with Crippen LogP contribution in [0.25, 0.3) is 11.4 Å². The zero-order chi connectivity index (χ0) is 14.8. The van der Waals surface area contributed by atoms with E-state index in [0.29, 0.717) is 11.0 Å². The summed E-state index contributed by atoms with van der Waals surface area (Å²) in [4.78, 5) is 0. The highest BCUT2D eigenvalue weighted by atomic mass is 32.2. The number of nitrogens with zero attached hydrogens (tertiary/aromatic N) is 3. The molecule has 0 saturated heterocycles. The molecule has 108 valence electrons. The first-order valence-corrected chi connectivity index (χ1v) is 7.57. The molecule has 5 nitrogen and oxygen atoms in total. The summed E-state index contributed by atoms with van der Waals surface area (Å²) in [7, 11) is 0. The number of nitrogens with two attached hydrogens (primary N) is 1. The van der Waals surface area contributed by atoms with Crippen LogP contribution in [0.1, 0.15) is 16.9 Å². The van der Waals surface area contributed by atoms with Crippen LogP contribution in [0, 0.1) is 13.8 Å². The molecule has 0 amide bonds. The summed E-state index contributed by atoms with van der Waals surface area (Å²) in [6, 6.07) is 10.2. The molecule has 3 aromatic rings. The molecular formula is C15H16N4OS. The zero-order valence-electron chi connectivity index (χ0n) is 11.9. The van der Waals surface area contributed by atoms with Gasteiger partial charge in [-0.05, 0) is 25.5 Å². The lowest BCUT2D eigenvalue weighted by Gasteiger charge is -2.04. The number of aromatic nitrogens is 3. The maximum absolute atomic E-state index is 6.09. The van der Waals surface area contributed by atoms with E-state index in [4.69, 9.17) is 10.3 Å². The molecule has 1 aromatic carbocycles. The Balaban J connectivity index is 1.79. The first kappa shape index (κ1) is 13.8. The Morgan fingerprint density at radius 2 is 2.10 bits per heavy atom. The molecule has 2 N–H and O–H groups in total. The summed E-state index contributed by atoms with van der Waals surface area (Å²) >= 11 is 1.57. The first-order valence-electron chi connectivity index (χ1n) is 6.58. The van der Waals surface area contributed by atoms with Crippen LogP contribution < -0.4 is 5.84 Å². The van der Waals surface area contributed by atoms with Gasteiger partial charge in [0.25, 0.3) is 0 Å². The van der Waals surface area contributed by atoms with Crippen LogP contribution >= 0.6 is 11.8 Å².